The number of hydrogen-bond acceptors (Lipinski definition) is 7. The number of nitro groups is 1. The van der Waals surface area contributed by atoms with Gasteiger partial charge in [0, 0.05) is 12.1 Å². The number of carbonyl (C=O) groups excluding carboxylic acids is 1. The third kappa shape index (κ3) is 5.14. The fourth-order valence-electron chi connectivity index (χ4n) is 2.66. The summed E-state index contributed by atoms with van der Waals surface area (Å²) >= 11 is 1.28. The lowest BCUT2D eigenvalue weighted by molar-refractivity contribution is -0.385. The summed E-state index contributed by atoms with van der Waals surface area (Å²) in [5.41, 5.74) is 2.63. The smallest absolute Gasteiger partial charge is 0.287 e. The lowest BCUT2D eigenvalue weighted by Gasteiger charge is -2.04. The highest BCUT2D eigenvalue weighted by Gasteiger charge is 2.23. The van der Waals surface area contributed by atoms with E-state index in [0.717, 1.165) is 23.0 Å². The number of benzene rings is 2. The zero-order valence-electron chi connectivity index (χ0n) is 16.3. The number of aryl methyl sites for hydroxylation is 1. The predicted octanol–water partition coefficient (Wildman–Crippen LogP) is 4.98. The first kappa shape index (κ1) is 20.3. The standard InChI is InChI=1S/C22H16N4O4S/c1-14-2-6-16(7-3-14)24-22-25-21(27)19(31-22)12-15-4-9-18(10-5-15)30-20-11-8-17(13-23-20)26(28)29/h2-13H,1H3,(H,24,25,27)/b19-12-. The van der Waals surface area contributed by atoms with Crippen LogP contribution >= 0.6 is 11.8 Å². The number of amides is 1. The zero-order valence-corrected chi connectivity index (χ0v) is 17.1. The van der Waals surface area contributed by atoms with Gasteiger partial charge in [-0.25, -0.2) is 9.98 Å². The van der Waals surface area contributed by atoms with E-state index in [1.165, 1.54) is 23.9 Å². The van der Waals surface area contributed by atoms with Crippen LogP contribution in [0.15, 0.2) is 76.8 Å². The van der Waals surface area contributed by atoms with E-state index < -0.39 is 4.92 Å². The van der Waals surface area contributed by atoms with Crippen molar-refractivity contribution in [3.63, 3.8) is 0 Å². The number of hydrogen-bond donors (Lipinski definition) is 1. The third-order valence-corrected chi connectivity index (χ3v) is 5.16. The van der Waals surface area contributed by atoms with Crippen molar-refractivity contribution in [2.75, 3.05) is 0 Å². The molecule has 4 rings (SSSR count). The second-order valence-electron chi connectivity index (χ2n) is 6.60. The van der Waals surface area contributed by atoms with Gasteiger partial charge in [0.05, 0.1) is 15.5 Å². The quantitative estimate of drug-likeness (QED) is 0.346. The van der Waals surface area contributed by atoms with Crippen LogP contribution in [0.25, 0.3) is 6.08 Å². The van der Waals surface area contributed by atoms with Crippen molar-refractivity contribution in [1.82, 2.24) is 10.3 Å². The summed E-state index contributed by atoms with van der Waals surface area (Å²) in [6, 6.07) is 17.6. The first-order chi connectivity index (χ1) is 15.0. The molecule has 0 radical (unpaired) electrons. The first-order valence-electron chi connectivity index (χ1n) is 9.21. The number of thioether (sulfide) groups is 1. The summed E-state index contributed by atoms with van der Waals surface area (Å²) in [5, 5.41) is 14.0. The summed E-state index contributed by atoms with van der Waals surface area (Å²) < 4.78 is 5.59. The second kappa shape index (κ2) is 8.80. The Labute approximate surface area is 181 Å². The zero-order chi connectivity index (χ0) is 21.8. The molecular formula is C22H16N4O4S. The Balaban J connectivity index is 1.43. The van der Waals surface area contributed by atoms with Crippen LogP contribution in [0, 0.1) is 17.0 Å². The van der Waals surface area contributed by atoms with Gasteiger partial charge in [0.15, 0.2) is 5.17 Å². The molecule has 1 saturated heterocycles. The maximum Gasteiger partial charge on any atom is 0.287 e. The highest BCUT2D eigenvalue weighted by atomic mass is 32.2. The van der Waals surface area contributed by atoms with E-state index in [-0.39, 0.29) is 17.5 Å². The van der Waals surface area contributed by atoms with E-state index in [0.29, 0.717) is 15.8 Å². The Morgan fingerprint density at radius 2 is 1.84 bits per heavy atom. The summed E-state index contributed by atoms with van der Waals surface area (Å²) in [4.78, 5) is 31.3. The molecule has 0 aliphatic carbocycles. The Morgan fingerprint density at radius 1 is 1.10 bits per heavy atom. The molecule has 0 bridgehead atoms. The summed E-state index contributed by atoms with van der Waals surface area (Å²) in [5.74, 6) is 0.569. The minimum Gasteiger partial charge on any atom is -0.439 e. The van der Waals surface area contributed by atoms with Crippen LogP contribution in [-0.4, -0.2) is 21.0 Å². The molecule has 31 heavy (non-hydrogen) atoms. The molecule has 3 aromatic rings. The molecule has 8 nitrogen and oxygen atoms in total. The average molecular weight is 432 g/mol. The van der Waals surface area contributed by atoms with Gasteiger partial charge in [-0.15, -0.1) is 0 Å². The van der Waals surface area contributed by atoms with E-state index in [4.69, 9.17) is 4.74 Å². The third-order valence-electron chi connectivity index (χ3n) is 4.25. The molecular weight excluding hydrogens is 416 g/mol. The molecule has 1 aromatic heterocycles. The first-order valence-corrected chi connectivity index (χ1v) is 10.0. The number of rotatable bonds is 5. The monoisotopic (exact) mass is 432 g/mol. The number of nitrogens with one attached hydrogen (secondary N) is 1. The molecule has 0 spiro atoms. The molecule has 0 atom stereocenters. The molecule has 0 unspecified atom stereocenters. The molecule has 2 heterocycles. The predicted molar refractivity (Wildman–Crippen MR) is 119 cm³/mol. The van der Waals surface area contributed by atoms with Crippen LogP contribution in [0.5, 0.6) is 11.6 Å². The van der Waals surface area contributed by atoms with Crippen molar-refractivity contribution in [3.8, 4) is 11.6 Å². The van der Waals surface area contributed by atoms with E-state index in [2.05, 4.69) is 15.3 Å². The van der Waals surface area contributed by atoms with Crippen LogP contribution in [0.3, 0.4) is 0 Å². The van der Waals surface area contributed by atoms with Gasteiger partial charge < -0.3 is 10.1 Å². The fraction of sp³-hybridized carbons (Fsp3) is 0.0455. The van der Waals surface area contributed by atoms with Gasteiger partial charge in [0.1, 0.15) is 11.9 Å². The number of nitrogens with zero attached hydrogens (tertiary/aromatic N) is 3. The number of pyridine rings is 1. The molecule has 1 N–H and O–H groups in total. The largest absolute Gasteiger partial charge is 0.439 e. The lowest BCUT2D eigenvalue weighted by atomic mass is 10.2. The van der Waals surface area contributed by atoms with Crippen LogP contribution in [0.2, 0.25) is 0 Å². The minimum atomic E-state index is -0.521. The van der Waals surface area contributed by atoms with Crippen molar-refractivity contribution in [2.24, 2.45) is 4.99 Å². The second-order valence-corrected chi connectivity index (χ2v) is 7.63. The molecule has 0 saturated carbocycles. The normalized spacial score (nSPS) is 15.8. The molecule has 1 aliphatic rings. The highest BCUT2D eigenvalue weighted by Crippen LogP contribution is 2.29. The number of carbonyl (C=O) groups is 1. The van der Waals surface area contributed by atoms with E-state index in [9.17, 15) is 14.9 Å². The Kier molecular flexibility index (Phi) is 5.76. The van der Waals surface area contributed by atoms with Crippen LogP contribution in [0.1, 0.15) is 11.1 Å². The van der Waals surface area contributed by atoms with Crippen molar-refractivity contribution >= 4 is 40.3 Å². The molecule has 1 aliphatic heterocycles. The number of aliphatic imine (C=N–C) groups is 1. The number of aromatic nitrogens is 1. The number of amidine groups is 1. The fourth-order valence-corrected chi connectivity index (χ4v) is 3.50. The topological polar surface area (TPSA) is 107 Å². The number of ether oxygens (including phenoxy) is 1. The summed E-state index contributed by atoms with van der Waals surface area (Å²) in [6.45, 7) is 2.00. The molecule has 154 valence electrons. The van der Waals surface area contributed by atoms with Crippen molar-refractivity contribution in [1.29, 1.82) is 0 Å². The van der Waals surface area contributed by atoms with Gasteiger partial charge in [-0.05, 0) is 54.6 Å². The van der Waals surface area contributed by atoms with Gasteiger partial charge in [0.2, 0.25) is 5.88 Å². The summed E-state index contributed by atoms with van der Waals surface area (Å²) in [6.07, 6.45) is 2.91. The van der Waals surface area contributed by atoms with Crippen molar-refractivity contribution in [3.05, 3.63) is 93.0 Å². The summed E-state index contributed by atoms with van der Waals surface area (Å²) in [7, 11) is 0. The van der Waals surface area contributed by atoms with Gasteiger partial charge in [-0.3, -0.25) is 14.9 Å². The van der Waals surface area contributed by atoms with E-state index >= 15 is 0 Å². The van der Waals surface area contributed by atoms with Gasteiger partial charge in [-0.2, -0.15) is 0 Å². The van der Waals surface area contributed by atoms with Crippen molar-refractivity contribution in [2.45, 2.75) is 6.92 Å². The maximum absolute atomic E-state index is 12.3. The van der Waals surface area contributed by atoms with Crippen molar-refractivity contribution < 1.29 is 14.5 Å². The Morgan fingerprint density at radius 3 is 2.48 bits per heavy atom. The highest BCUT2D eigenvalue weighted by molar-refractivity contribution is 8.18. The molecule has 2 aromatic carbocycles. The van der Waals surface area contributed by atoms with Gasteiger partial charge in [0.25, 0.3) is 11.6 Å². The SMILES string of the molecule is Cc1ccc(N=C2NC(=O)/C(=C/c3ccc(Oc4ccc([N+](=O)[O-])cn4)cc3)S2)cc1. The van der Waals surface area contributed by atoms with Crippen LogP contribution in [0.4, 0.5) is 11.4 Å². The molecule has 9 heteroatoms. The Hall–Kier alpha value is -3.98. The van der Waals surface area contributed by atoms with E-state index in [1.54, 1.807) is 30.3 Å². The van der Waals surface area contributed by atoms with E-state index in [1.807, 2.05) is 31.2 Å². The Bertz CT molecular complexity index is 1190. The van der Waals surface area contributed by atoms with Gasteiger partial charge in [-0.1, -0.05) is 29.8 Å². The lowest BCUT2D eigenvalue weighted by Crippen LogP contribution is -2.19. The van der Waals surface area contributed by atoms with Crippen LogP contribution in [-0.2, 0) is 4.79 Å². The van der Waals surface area contributed by atoms with Gasteiger partial charge >= 0.3 is 0 Å². The average Bonchev–Trinajstić information content (AvgIpc) is 3.10. The molecule has 1 fully saturated rings. The van der Waals surface area contributed by atoms with Crippen LogP contribution < -0.4 is 10.1 Å². The minimum absolute atomic E-state index is 0.105. The maximum atomic E-state index is 12.3. The molecule has 1 amide bonds.